The second-order valence-electron chi connectivity index (χ2n) is 14.7. The molecule has 9 nitrogen and oxygen atoms in total. The molecule has 2 aromatic carbocycles. The van der Waals surface area contributed by atoms with Gasteiger partial charge in [0.05, 0.1) is 42.5 Å². The van der Waals surface area contributed by atoms with Gasteiger partial charge in [0.25, 0.3) is 0 Å². The number of hydrogen-bond acceptors (Lipinski definition) is 9. The van der Waals surface area contributed by atoms with E-state index in [1.54, 1.807) is 0 Å². The van der Waals surface area contributed by atoms with Crippen molar-refractivity contribution in [3.8, 4) is 0 Å². The second-order valence-corrected chi connectivity index (χ2v) is 14.7. The van der Waals surface area contributed by atoms with E-state index < -0.39 is 11.2 Å². The summed E-state index contributed by atoms with van der Waals surface area (Å²) in [5, 5.41) is 0. The number of carbonyl (C=O) groups is 4. The zero-order valence-corrected chi connectivity index (χ0v) is 29.7. The van der Waals surface area contributed by atoms with Crippen LogP contribution in [0.1, 0.15) is 103 Å². The maximum atomic E-state index is 13.0. The Morgan fingerprint density at radius 3 is 1.31 bits per heavy atom. The van der Waals surface area contributed by atoms with Crippen LogP contribution < -0.4 is 0 Å². The molecule has 0 saturated heterocycles. The standard InChI is InChI=1S/C40H54O9/c1-39(2,23-25-45-35(41)31-15-17-32(18-16-31)36(42)46-27-29-11-7-5-8-12-29)48-26-24-40(3,4)49-38(44)34-21-19-33(20-22-34)37(43)47-28-30-13-9-6-10-14-30/h5-14,31-34H,15-28H2,1-4H3. The van der Waals surface area contributed by atoms with E-state index in [4.69, 9.17) is 23.7 Å². The third-order valence-corrected chi connectivity index (χ3v) is 9.76. The molecule has 49 heavy (non-hydrogen) atoms. The number of ether oxygens (including phenoxy) is 5. The molecule has 0 amide bonds. The molecule has 0 bridgehead atoms. The van der Waals surface area contributed by atoms with E-state index in [2.05, 4.69) is 0 Å². The Bertz CT molecular complexity index is 1340. The lowest BCUT2D eigenvalue weighted by Crippen LogP contribution is -2.36. The first-order valence-electron chi connectivity index (χ1n) is 17.9. The van der Waals surface area contributed by atoms with Gasteiger partial charge in [0, 0.05) is 12.8 Å². The van der Waals surface area contributed by atoms with E-state index in [0.29, 0.717) is 70.8 Å². The lowest BCUT2D eigenvalue weighted by atomic mass is 9.82. The highest BCUT2D eigenvalue weighted by Gasteiger charge is 2.35. The quantitative estimate of drug-likeness (QED) is 0.131. The van der Waals surface area contributed by atoms with Crippen molar-refractivity contribution in [1.82, 2.24) is 0 Å². The zero-order chi connectivity index (χ0) is 35.3. The minimum atomic E-state index is -0.710. The predicted octanol–water partition coefficient (Wildman–Crippen LogP) is 7.53. The number of benzene rings is 2. The smallest absolute Gasteiger partial charge is 0.309 e. The molecule has 9 heteroatoms. The van der Waals surface area contributed by atoms with E-state index in [9.17, 15) is 19.2 Å². The Labute approximate surface area is 291 Å². The summed E-state index contributed by atoms with van der Waals surface area (Å²) in [6.45, 7) is 8.82. The largest absolute Gasteiger partial charge is 0.465 e. The van der Waals surface area contributed by atoms with Crippen LogP contribution in [-0.4, -0.2) is 48.3 Å². The average Bonchev–Trinajstić information content (AvgIpc) is 3.10. The molecule has 0 radical (unpaired) electrons. The van der Waals surface area contributed by atoms with Crippen LogP contribution in [0.5, 0.6) is 0 Å². The van der Waals surface area contributed by atoms with Gasteiger partial charge in [-0.1, -0.05) is 60.7 Å². The lowest BCUT2D eigenvalue weighted by molar-refractivity contribution is -0.167. The molecule has 2 aliphatic carbocycles. The van der Waals surface area contributed by atoms with Crippen LogP contribution in [0.3, 0.4) is 0 Å². The van der Waals surface area contributed by atoms with Gasteiger partial charge in [-0.15, -0.1) is 0 Å². The zero-order valence-electron chi connectivity index (χ0n) is 29.7. The van der Waals surface area contributed by atoms with Crippen LogP contribution >= 0.6 is 0 Å². The number of carbonyl (C=O) groups excluding carboxylic acids is 4. The fourth-order valence-corrected chi connectivity index (χ4v) is 6.39. The van der Waals surface area contributed by atoms with Crippen molar-refractivity contribution in [2.45, 2.75) is 116 Å². The molecular weight excluding hydrogens is 624 g/mol. The van der Waals surface area contributed by atoms with E-state index in [-0.39, 0.29) is 67.4 Å². The maximum Gasteiger partial charge on any atom is 0.309 e. The van der Waals surface area contributed by atoms with Gasteiger partial charge in [-0.05, 0) is 90.2 Å². The van der Waals surface area contributed by atoms with Crippen molar-refractivity contribution in [2.24, 2.45) is 23.7 Å². The molecule has 2 saturated carbocycles. The van der Waals surface area contributed by atoms with Crippen molar-refractivity contribution >= 4 is 23.9 Å². The Morgan fingerprint density at radius 2 is 0.878 bits per heavy atom. The van der Waals surface area contributed by atoms with Crippen molar-refractivity contribution < 1.29 is 42.9 Å². The molecule has 0 spiro atoms. The highest BCUT2D eigenvalue weighted by Crippen LogP contribution is 2.33. The SMILES string of the molecule is CC(C)(CCOC(=O)C1CCC(C(=O)OCc2ccccc2)CC1)OCCC(C)(C)OC(=O)C1CCC(C(=O)OCc2ccccc2)CC1. The van der Waals surface area contributed by atoms with E-state index in [0.717, 1.165) is 11.1 Å². The Kier molecular flexibility index (Phi) is 14.2. The summed E-state index contributed by atoms with van der Waals surface area (Å²) in [6, 6.07) is 19.2. The topological polar surface area (TPSA) is 114 Å². The summed E-state index contributed by atoms with van der Waals surface area (Å²) in [4.78, 5) is 50.8. The highest BCUT2D eigenvalue weighted by molar-refractivity contribution is 5.76. The third-order valence-electron chi connectivity index (χ3n) is 9.76. The molecule has 0 atom stereocenters. The van der Waals surface area contributed by atoms with Crippen LogP contribution in [0.2, 0.25) is 0 Å². The van der Waals surface area contributed by atoms with Crippen LogP contribution in [0.25, 0.3) is 0 Å². The fourth-order valence-electron chi connectivity index (χ4n) is 6.39. The summed E-state index contributed by atoms with van der Waals surface area (Å²) in [5.74, 6) is -1.66. The average molecular weight is 679 g/mol. The molecule has 0 heterocycles. The fraction of sp³-hybridized carbons (Fsp3) is 0.600. The maximum absolute atomic E-state index is 13.0. The number of rotatable bonds is 16. The Balaban J connectivity index is 1.06. The minimum Gasteiger partial charge on any atom is -0.465 e. The molecule has 0 N–H and O–H groups in total. The van der Waals surface area contributed by atoms with Gasteiger partial charge < -0.3 is 23.7 Å². The summed E-state index contributed by atoms with van der Waals surface area (Å²) in [6.07, 6.45) is 5.93. The van der Waals surface area contributed by atoms with Gasteiger partial charge in [0.15, 0.2) is 0 Å². The van der Waals surface area contributed by atoms with Gasteiger partial charge >= 0.3 is 23.9 Å². The van der Waals surface area contributed by atoms with Gasteiger partial charge in [0.2, 0.25) is 0 Å². The first-order chi connectivity index (χ1) is 23.4. The van der Waals surface area contributed by atoms with Gasteiger partial charge in [-0.25, -0.2) is 0 Å². The molecule has 0 aliphatic heterocycles. The number of esters is 4. The van der Waals surface area contributed by atoms with Crippen LogP contribution in [-0.2, 0) is 56.1 Å². The third kappa shape index (κ3) is 12.9. The Hall–Kier alpha value is -3.72. The normalized spacial score (nSPS) is 21.3. The molecule has 0 aromatic heterocycles. The van der Waals surface area contributed by atoms with Crippen LogP contribution in [0.4, 0.5) is 0 Å². The van der Waals surface area contributed by atoms with Crippen molar-refractivity contribution in [1.29, 1.82) is 0 Å². The molecule has 2 aromatic rings. The van der Waals surface area contributed by atoms with E-state index in [1.165, 1.54) is 0 Å². The molecule has 2 aliphatic rings. The lowest BCUT2D eigenvalue weighted by Gasteiger charge is -2.32. The van der Waals surface area contributed by atoms with Crippen molar-refractivity contribution in [2.75, 3.05) is 13.2 Å². The van der Waals surface area contributed by atoms with Gasteiger partial charge in [-0.2, -0.15) is 0 Å². The molecular formula is C40H54O9. The predicted molar refractivity (Wildman–Crippen MR) is 184 cm³/mol. The molecule has 4 rings (SSSR count). The molecule has 2 fully saturated rings. The number of hydrogen-bond donors (Lipinski definition) is 0. The first-order valence-corrected chi connectivity index (χ1v) is 17.9. The van der Waals surface area contributed by atoms with Crippen molar-refractivity contribution in [3.63, 3.8) is 0 Å². The minimum absolute atomic E-state index is 0.181. The summed E-state index contributed by atoms with van der Waals surface area (Å²) >= 11 is 0. The molecule has 268 valence electrons. The van der Waals surface area contributed by atoms with Crippen molar-refractivity contribution in [3.05, 3.63) is 71.8 Å². The second kappa shape index (κ2) is 18.3. The Morgan fingerprint density at radius 1 is 0.510 bits per heavy atom. The van der Waals surface area contributed by atoms with E-state index in [1.807, 2.05) is 88.4 Å². The monoisotopic (exact) mass is 678 g/mol. The summed E-state index contributed by atoms with van der Waals surface area (Å²) < 4.78 is 28.6. The summed E-state index contributed by atoms with van der Waals surface area (Å²) in [7, 11) is 0. The molecule has 0 unspecified atom stereocenters. The van der Waals surface area contributed by atoms with Gasteiger partial charge in [0.1, 0.15) is 18.8 Å². The van der Waals surface area contributed by atoms with Gasteiger partial charge in [-0.3, -0.25) is 19.2 Å². The highest BCUT2D eigenvalue weighted by atomic mass is 16.6. The van der Waals surface area contributed by atoms with Crippen LogP contribution in [0, 0.1) is 23.7 Å². The summed E-state index contributed by atoms with van der Waals surface area (Å²) in [5.41, 5.74) is 0.668. The first kappa shape index (κ1) is 38.1. The van der Waals surface area contributed by atoms with Crippen LogP contribution in [0.15, 0.2) is 60.7 Å². The van der Waals surface area contributed by atoms with E-state index >= 15 is 0 Å².